The molecule has 2 aromatic rings. The Kier molecular flexibility index (Phi) is 3.58. The fourth-order valence-corrected chi connectivity index (χ4v) is 2.50. The first kappa shape index (κ1) is 13.6. The number of fused-ring (bicyclic) bond motifs is 1. The van der Waals surface area contributed by atoms with E-state index in [1.54, 1.807) is 0 Å². The number of ether oxygens (including phenoxy) is 1. The minimum Gasteiger partial charge on any atom is -0.479 e. The van der Waals surface area contributed by atoms with Crippen LogP contribution in [0.15, 0.2) is 42.5 Å². The number of hydrogen-bond acceptors (Lipinski definition) is 3. The van der Waals surface area contributed by atoms with Crippen molar-refractivity contribution in [2.75, 3.05) is 5.32 Å². The van der Waals surface area contributed by atoms with E-state index < -0.39 is 18.2 Å². The summed E-state index contributed by atoms with van der Waals surface area (Å²) in [4.78, 5) is 22.9. The van der Waals surface area contributed by atoms with Crippen LogP contribution in [0.25, 0.3) is 10.8 Å². The van der Waals surface area contributed by atoms with Crippen LogP contribution in [0.4, 0.5) is 5.69 Å². The minimum absolute atomic E-state index is 0.297. The monoisotopic (exact) mass is 285 g/mol. The molecule has 5 nitrogen and oxygen atoms in total. The first-order valence-electron chi connectivity index (χ1n) is 6.81. The molecule has 0 saturated carbocycles. The maximum atomic E-state index is 12.1. The zero-order valence-corrected chi connectivity index (χ0v) is 11.3. The van der Waals surface area contributed by atoms with Crippen LogP contribution in [0, 0.1) is 0 Å². The number of anilines is 1. The molecule has 1 aliphatic heterocycles. The second-order valence-corrected chi connectivity index (χ2v) is 5.08. The minimum atomic E-state index is -1.02. The van der Waals surface area contributed by atoms with E-state index in [1.807, 2.05) is 42.5 Å². The van der Waals surface area contributed by atoms with Crippen LogP contribution in [-0.2, 0) is 14.3 Å². The van der Waals surface area contributed by atoms with Gasteiger partial charge in [0.1, 0.15) is 6.10 Å². The van der Waals surface area contributed by atoms with Gasteiger partial charge < -0.3 is 15.2 Å². The van der Waals surface area contributed by atoms with E-state index in [0.717, 1.165) is 10.8 Å². The van der Waals surface area contributed by atoms with Crippen molar-refractivity contribution in [3.8, 4) is 0 Å². The van der Waals surface area contributed by atoms with Gasteiger partial charge in [-0.3, -0.25) is 4.79 Å². The molecule has 1 aliphatic rings. The molecule has 0 aromatic heterocycles. The third-order valence-electron chi connectivity index (χ3n) is 3.60. The van der Waals surface area contributed by atoms with Crippen LogP contribution in [0.2, 0.25) is 0 Å². The summed E-state index contributed by atoms with van der Waals surface area (Å²) < 4.78 is 5.23. The number of benzene rings is 2. The Morgan fingerprint density at radius 1 is 1.05 bits per heavy atom. The van der Waals surface area contributed by atoms with Gasteiger partial charge in [0.05, 0.1) is 0 Å². The van der Waals surface area contributed by atoms with E-state index in [1.165, 1.54) is 0 Å². The van der Waals surface area contributed by atoms with Crippen molar-refractivity contribution in [1.82, 2.24) is 0 Å². The van der Waals surface area contributed by atoms with Gasteiger partial charge in [-0.2, -0.15) is 0 Å². The van der Waals surface area contributed by atoms with Gasteiger partial charge in [0.25, 0.3) is 5.91 Å². The molecule has 3 rings (SSSR count). The highest BCUT2D eigenvalue weighted by Crippen LogP contribution is 2.23. The smallest absolute Gasteiger partial charge is 0.332 e. The van der Waals surface area contributed by atoms with Gasteiger partial charge >= 0.3 is 5.97 Å². The number of rotatable bonds is 3. The van der Waals surface area contributed by atoms with E-state index >= 15 is 0 Å². The molecular formula is C16H15NO4. The predicted octanol–water partition coefficient (Wildman–Crippen LogP) is 2.41. The zero-order valence-electron chi connectivity index (χ0n) is 11.3. The molecule has 2 N–H and O–H groups in total. The largest absolute Gasteiger partial charge is 0.479 e. The highest BCUT2D eigenvalue weighted by molar-refractivity contribution is 5.97. The maximum Gasteiger partial charge on any atom is 0.332 e. The summed E-state index contributed by atoms with van der Waals surface area (Å²) in [5.41, 5.74) is 0.682. The van der Waals surface area contributed by atoms with E-state index in [-0.39, 0.29) is 5.91 Å². The average Bonchev–Trinajstić information content (AvgIpc) is 2.97. The lowest BCUT2D eigenvalue weighted by Gasteiger charge is -2.12. The Balaban J connectivity index is 1.70. The van der Waals surface area contributed by atoms with E-state index in [0.29, 0.717) is 18.5 Å². The number of carbonyl (C=O) groups is 2. The molecule has 2 aromatic carbocycles. The van der Waals surface area contributed by atoms with Crippen molar-refractivity contribution >= 4 is 28.3 Å². The quantitative estimate of drug-likeness (QED) is 0.908. The number of nitrogens with one attached hydrogen (secondary N) is 1. The summed E-state index contributed by atoms with van der Waals surface area (Å²) in [5.74, 6) is -1.31. The third kappa shape index (κ3) is 2.87. The summed E-state index contributed by atoms with van der Waals surface area (Å²) in [6, 6.07) is 13.5. The molecule has 2 unspecified atom stereocenters. The van der Waals surface area contributed by atoms with Gasteiger partial charge in [0.15, 0.2) is 6.10 Å². The molecule has 1 heterocycles. The van der Waals surface area contributed by atoms with Crippen molar-refractivity contribution in [2.24, 2.45) is 0 Å². The number of carbonyl (C=O) groups excluding carboxylic acids is 1. The molecule has 21 heavy (non-hydrogen) atoms. The maximum absolute atomic E-state index is 12.1. The van der Waals surface area contributed by atoms with Gasteiger partial charge in [-0.15, -0.1) is 0 Å². The van der Waals surface area contributed by atoms with E-state index in [4.69, 9.17) is 9.84 Å². The third-order valence-corrected chi connectivity index (χ3v) is 3.60. The molecular weight excluding hydrogens is 270 g/mol. The van der Waals surface area contributed by atoms with Crippen LogP contribution in [0.3, 0.4) is 0 Å². The van der Waals surface area contributed by atoms with Crippen molar-refractivity contribution in [1.29, 1.82) is 0 Å². The summed E-state index contributed by atoms with van der Waals surface area (Å²) in [6.45, 7) is 0. The Bertz CT molecular complexity index is 697. The van der Waals surface area contributed by atoms with Crippen LogP contribution in [0.1, 0.15) is 12.8 Å². The highest BCUT2D eigenvalue weighted by Gasteiger charge is 2.34. The molecule has 0 aliphatic carbocycles. The summed E-state index contributed by atoms with van der Waals surface area (Å²) in [5, 5.41) is 13.8. The Labute approximate surface area is 121 Å². The lowest BCUT2D eigenvalue weighted by Crippen LogP contribution is -2.29. The molecule has 0 radical (unpaired) electrons. The molecule has 2 atom stereocenters. The molecule has 0 spiro atoms. The summed E-state index contributed by atoms with van der Waals surface area (Å²) in [7, 11) is 0. The molecule has 108 valence electrons. The fraction of sp³-hybridized carbons (Fsp3) is 0.250. The number of carboxylic acid groups (broad SMARTS) is 1. The van der Waals surface area contributed by atoms with Gasteiger partial charge in [0.2, 0.25) is 0 Å². The fourth-order valence-electron chi connectivity index (χ4n) is 2.50. The van der Waals surface area contributed by atoms with Gasteiger partial charge in [-0.25, -0.2) is 4.79 Å². The van der Waals surface area contributed by atoms with Crippen LogP contribution in [0.5, 0.6) is 0 Å². The number of carboxylic acids is 1. The van der Waals surface area contributed by atoms with Crippen LogP contribution >= 0.6 is 0 Å². The lowest BCUT2D eigenvalue weighted by molar-refractivity contribution is -0.150. The molecule has 5 heteroatoms. The van der Waals surface area contributed by atoms with Crippen molar-refractivity contribution in [3.05, 3.63) is 42.5 Å². The Morgan fingerprint density at radius 3 is 2.48 bits per heavy atom. The van der Waals surface area contributed by atoms with Gasteiger partial charge in [-0.05, 0) is 35.7 Å². The van der Waals surface area contributed by atoms with E-state index in [9.17, 15) is 9.59 Å². The van der Waals surface area contributed by atoms with E-state index in [2.05, 4.69) is 5.32 Å². The second kappa shape index (κ2) is 5.54. The zero-order chi connectivity index (χ0) is 14.8. The molecule has 1 amide bonds. The van der Waals surface area contributed by atoms with Crippen molar-refractivity contribution < 1.29 is 19.4 Å². The van der Waals surface area contributed by atoms with Gasteiger partial charge in [0, 0.05) is 5.69 Å². The Morgan fingerprint density at radius 2 is 1.76 bits per heavy atom. The van der Waals surface area contributed by atoms with Crippen LogP contribution in [-0.4, -0.2) is 29.2 Å². The number of hydrogen-bond donors (Lipinski definition) is 2. The topological polar surface area (TPSA) is 75.6 Å². The standard InChI is InChI=1S/C16H15NO4/c18-15(13-7-8-14(21-13)16(19)20)17-12-6-5-10-3-1-2-4-11(10)9-12/h1-6,9,13-14H,7-8H2,(H,17,18)(H,19,20). The summed E-state index contributed by atoms with van der Waals surface area (Å²) >= 11 is 0. The normalized spacial score (nSPS) is 21.3. The number of aliphatic carboxylic acids is 1. The predicted molar refractivity (Wildman–Crippen MR) is 78.1 cm³/mol. The second-order valence-electron chi connectivity index (χ2n) is 5.08. The molecule has 1 fully saturated rings. The van der Waals surface area contributed by atoms with Crippen molar-refractivity contribution in [2.45, 2.75) is 25.0 Å². The number of amides is 1. The summed E-state index contributed by atoms with van der Waals surface area (Å²) in [6.07, 6.45) is -0.781. The Hall–Kier alpha value is -2.40. The SMILES string of the molecule is O=C(O)C1CCC(C(=O)Nc2ccc3ccccc3c2)O1. The van der Waals surface area contributed by atoms with Gasteiger partial charge in [-0.1, -0.05) is 30.3 Å². The first-order chi connectivity index (χ1) is 10.1. The lowest BCUT2D eigenvalue weighted by atomic mass is 10.1. The van der Waals surface area contributed by atoms with Crippen molar-refractivity contribution in [3.63, 3.8) is 0 Å². The molecule has 0 bridgehead atoms. The first-order valence-corrected chi connectivity index (χ1v) is 6.81. The van der Waals surface area contributed by atoms with Crippen LogP contribution < -0.4 is 5.32 Å². The molecule has 1 saturated heterocycles. The average molecular weight is 285 g/mol. The highest BCUT2D eigenvalue weighted by atomic mass is 16.5.